The third kappa shape index (κ3) is 6.02. The number of aliphatic hydroxyl groups is 1. The van der Waals surface area contributed by atoms with Crippen molar-refractivity contribution in [2.45, 2.75) is 51.4 Å². The molecule has 48 heavy (non-hydrogen) atoms. The fourth-order valence-corrected chi connectivity index (χ4v) is 5.53. The highest BCUT2D eigenvalue weighted by Gasteiger charge is 2.30. The van der Waals surface area contributed by atoms with Crippen LogP contribution in [-0.2, 0) is 0 Å². The zero-order valence-corrected chi connectivity index (χ0v) is 27.0. The summed E-state index contributed by atoms with van der Waals surface area (Å²) in [5.41, 5.74) is 0.792. The van der Waals surface area contributed by atoms with Crippen molar-refractivity contribution in [3.05, 3.63) is 59.7 Å². The van der Waals surface area contributed by atoms with E-state index in [-0.39, 0.29) is 68.6 Å². The monoisotopic (exact) mass is 676 g/mol. The van der Waals surface area contributed by atoms with E-state index < -0.39 is 30.5 Å². The maximum atomic E-state index is 13.4. The molecule has 0 aliphatic carbocycles. The van der Waals surface area contributed by atoms with Crippen molar-refractivity contribution in [1.29, 1.82) is 0 Å². The normalized spacial score (nSPS) is 16.8. The fraction of sp³-hybridized carbons (Fsp3) is 0.333. The molecule has 2 amide bonds. The van der Waals surface area contributed by atoms with Gasteiger partial charge in [0.1, 0.15) is 48.7 Å². The van der Waals surface area contributed by atoms with E-state index in [1.807, 2.05) is 0 Å². The lowest BCUT2D eigenvalue weighted by atomic mass is 10.3. The van der Waals surface area contributed by atoms with Gasteiger partial charge in [-0.15, -0.1) is 0 Å². The molecule has 2 atom stereocenters. The number of aliphatic hydroxyl groups excluding tert-OH is 1. The van der Waals surface area contributed by atoms with Crippen LogP contribution in [0, 0.1) is 13.8 Å². The number of thioether (sulfide) groups is 1. The molecule has 0 radical (unpaired) electrons. The molecule has 248 valence electrons. The Hall–Kier alpha value is -5.49. The zero-order valence-electron chi connectivity index (χ0n) is 26.2. The van der Waals surface area contributed by atoms with Crippen LogP contribution in [0.3, 0.4) is 0 Å². The van der Waals surface area contributed by atoms with Crippen LogP contribution < -0.4 is 10.6 Å². The van der Waals surface area contributed by atoms with Gasteiger partial charge in [0.2, 0.25) is 35.3 Å². The molecule has 0 spiro atoms. The van der Waals surface area contributed by atoms with Gasteiger partial charge < -0.3 is 42.2 Å². The van der Waals surface area contributed by atoms with Gasteiger partial charge in [-0.2, -0.15) is 11.8 Å². The minimum Gasteiger partial charge on any atom is -0.446 e. The number of rotatable bonds is 3. The summed E-state index contributed by atoms with van der Waals surface area (Å²) in [6.45, 7) is 8.98. The summed E-state index contributed by atoms with van der Waals surface area (Å²) in [5, 5.41) is 15.6. The Balaban J connectivity index is 1.30. The van der Waals surface area contributed by atoms with Crippen LogP contribution in [0.15, 0.2) is 51.6 Å². The summed E-state index contributed by atoms with van der Waals surface area (Å²) in [7, 11) is 0. The van der Waals surface area contributed by atoms with Crippen LogP contribution in [0.5, 0.6) is 0 Å². The van der Waals surface area contributed by atoms with E-state index >= 15 is 0 Å². The Bertz CT molecular complexity index is 2130. The summed E-state index contributed by atoms with van der Waals surface area (Å²) in [5.74, 6) is 0.353. The molecule has 17 nitrogen and oxygen atoms in total. The molecule has 0 saturated heterocycles. The minimum absolute atomic E-state index is 0.0122. The number of carbonyl (C=O) groups excluding carboxylic acids is 2. The molecule has 1 aliphatic heterocycles. The minimum atomic E-state index is -1.05. The van der Waals surface area contributed by atoms with Crippen LogP contribution in [0.2, 0.25) is 0 Å². The van der Waals surface area contributed by atoms with E-state index in [1.165, 1.54) is 18.8 Å². The van der Waals surface area contributed by atoms with Crippen molar-refractivity contribution < 1.29 is 41.2 Å². The Morgan fingerprint density at radius 3 is 1.90 bits per heavy atom. The summed E-state index contributed by atoms with van der Waals surface area (Å²) in [6, 6.07) is -1.72. The maximum Gasteiger partial charge on any atom is 0.273 e. The number of carbonyl (C=O) groups is 2. The van der Waals surface area contributed by atoms with Gasteiger partial charge in [0, 0.05) is 10.5 Å². The van der Waals surface area contributed by atoms with Crippen LogP contribution in [-0.4, -0.2) is 63.9 Å². The predicted octanol–water partition coefficient (Wildman–Crippen LogP) is 4.68. The van der Waals surface area contributed by atoms with Crippen molar-refractivity contribution >= 4 is 23.6 Å². The van der Waals surface area contributed by atoms with Gasteiger partial charge >= 0.3 is 0 Å². The van der Waals surface area contributed by atoms with E-state index in [0.29, 0.717) is 23.0 Å². The highest BCUT2D eigenvalue weighted by atomic mass is 32.2. The van der Waals surface area contributed by atoms with Crippen molar-refractivity contribution in [1.82, 2.24) is 40.5 Å². The second kappa shape index (κ2) is 11.9. The molecule has 7 rings (SSSR count). The number of oxazole rings is 6. The molecule has 12 bridgehead atoms. The topological polar surface area (TPSA) is 235 Å². The number of fused-ring (bicyclic) bond motifs is 16. The van der Waals surface area contributed by atoms with Gasteiger partial charge in [-0.25, -0.2) is 29.9 Å². The smallest absolute Gasteiger partial charge is 0.273 e. The Kier molecular flexibility index (Phi) is 7.75. The molecule has 6 aromatic heterocycles. The van der Waals surface area contributed by atoms with E-state index in [4.69, 9.17) is 26.5 Å². The van der Waals surface area contributed by atoms with Gasteiger partial charge in [0.15, 0.2) is 34.2 Å². The highest BCUT2D eigenvalue weighted by Crippen LogP contribution is 2.34. The van der Waals surface area contributed by atoms with Crippen LogP contribution >= 0.6 is 11.8 Å². The second-order valence-corrected chi connectivity index (χ2v) is 13.6. The van der Waals surface area contributed by atoms with Crippen molar-refractivity contribution in [3.63, 3.8) is 0 Å². The lowest BCUT2D eigenvalue weighted by molar-refractivity contribution is 0.0898. The number of nitrogens with zero attached hydrogens (tertiary/aromatic N) is 6. The molecule has 3 N–H and O–H groups in total. The Morgan fingerprint density at radius 2 is 1.21 bits per heavy atom. The summed E-state index contributed by atoms with van der Waals surface area (Å²) in [4.78, 5) is 52.9. The molecular formula is C30H28N8O9S. The third-order valence-electron chi connectivity index (χ3n) is 7.03. The van der Waals surface area contributed by atoms with Crippen molar-refractivity contribution in [2.24, 2.45) is 0 Å². The van der Waals surface area contributed by atoms with E-state index in [1.54, 1.807) is 25.6 Å². The highest BCUT2D eigenvalue weighted by molar-refractivity contribution is 8.00. The quantitative estimate of drug-likeness (QED) is 0.231. The molecule has 0 fully saturated rings. The molecule has 18 heteroatoms. The van der Waals surface area contributed by atoms with Crippen molar-refractivity contribution in [3.8, 4) is 46.3 Å². The molecule has 1 aliphatic rings. The van der Waals surface area contributed by atoms with Gasteiger partial charge in [-0.1, -0.05) is 20.8 Å². The molecule has 7 heterocycles. The molecule has 0 unspecified atom stereocenters. The predicted molar refractivity (Wildman–Crippen MR) is 164 cm³/mol. The number of nitrogens with one attached hydrogen (secondary N) is 2. The first kappa shape index (κ1) is 31.1. The molecular weight excluding hydrogens is 648 g/mol. The first-order valence-corrected chi connectivity index (χ1v) is 15.6. The van der Waals surface area contributed by atoms with E-state index in [0.717, 1.165) is 6.26 Å². The SMILES string of the molecule is Cc1oc2nc1-c1nc(co1)C(=O)N[C@H](CO)c1nc(co1)-c1nc(co1)-c1nc(co1)C(=O)N[C@H](CSC(C)(C)C)c1nc-2c(C)o1. The Labute approximate surface area is 275 Å². The summed E-state index contributed by atoms with van der Waals surface area (Å²) in [6.07, 6.45) is 4.88. The largest absolute Gasteiger partial charge is 0.446 e. The zero-order chi connectivity index (χ0) is 33.7. The first-order chi connectivity index (χ1) is 23.0. The lowest BCUT2D eigenvalue weighted by Crippen LogP contribution is -2.31. The number of aryl methyl sites for hydroxylation is 2. The standard InChI is InChI=1S/C30H28N8O9S/c1-12-20-28-34-16(8-45-28)22(40)31-14(6-39)24-35-18(9-43-24)26-36-17(10-44-26)25-33-15(7-42-25)23(41)32-19(11-48-30(3,4)5)27-37-21(13(2)46-27)29(38-20)47-12/h7-10,14,19,39H,6,11H2,1-5H3,(H,31,40)(H,32,41)/t14-,19-/m1/s1. The average molecular weight is 677 g/mol. The second-order valence-electron chi connectivity index (χ2n) is 11.7. The summed E-state index contributed by atoms with van der Waals surface area (Å²) < 4.78 is 34.0. The average Bonchev–Trinajstić information content (AvgIpc) is 3.88. The van der Waals surface area contributed by atoms with Gasteiger partial charge in [0.25, 0.3) is 11.8 Å². The Morgan fingerprint density at radius 1 is 0.667 bits per heavy atom. The number of aromatic nitrogens is 6. The first-order valence-electron chi connectivity index (χ1n) is 14.6. The molecule has 0 aromatic carbocycles. The maximum absolute atomic E-state index is 13.4. The van der Waals surface area contributed by atoms with Crippen molar-refractivity contribution in [2.75, 3.05) is 12.4 Å². The van der Waals surface area contributed by atoms with Crippen LogP contribution in [0.1, 0.15) is 77.1 Å². The van der Waals surface area contributed by atoms with Crippen LogP contribution in [0.25, 0.3) is 46.3 Å². The van der Waals surface area contributed by atoms with E-state index in [2.05, 4.69) is 61.3 Å². The summed E-state index contributed by atoms with van der Waals surface area (Å²) >= 11 is 1.60. The number of amides is 2. The fourth-order valence-electron chi connectivity index (χ4n) is 4.64. The number of hydrogen-bond acceptors (Lipinski definition) is 16. The van der Waals surface area contributed by atoms with Crippen LogP contribution in [0.4, 0.5) is 0 Å². The van der Waals surface area contributed by atoms with Gasteiger partial charge in [-0.05, 0) is 13.8 Å². The number of hydrogen-bond donors (Lipinski definition) is 3. The van der Waals surface area contributed by atoms with E-state index in [9.17, 15) is 14.7 Å². The molecule has 0 saturated carbocycles. The third-order valence-corrected chi connectivity index (χ3v) is 8.39. The van der Waals surface area contributed by atoms with Gasteiger partial charge in [0.05, 0.1) is 6.61 Å². The molecule has 6 aromatic rings. The van der Waals surface area contributed by atoms with Gasteiger partial charge in [-0.3, -0.25) is 9.59 Å². The lowest BCUT2D eigenvalue weighted by Gasteiger charge is -2.21.